The first-order valence-corrected chi connectivity index (χ1v) is 9.14. The molecule has 0 aliphatic carbocycles. The molecule has 0 N–H and O–H groups in total. The Kier molecular flexibility index (Phi) is 5.09. The molecule has 0 spiro atoms. The fourth-order valence-electron chi connectivity index (χ4n) is 3.22. The highest BCUT2D eigenvalue weighted by Crippen LogP contribution is 2.18. The van der Waals surface area contributed by atoms with Crippen LogP contribution in [0.15, 0.2) is 61.1 Å². The molecule has 0 radical (unpaired) electrons. The van der Waals surface area contributed by atoms with Gasteiger partial charge in [0.2, 0.25) is 11.9 Å². The molecule has 3 heterocycles. The summed E-state index contributed by atoms with van der Waals surface area (Å²) in [5.74, 6) is 2.50. The van der Waals surface area contributed by atoms with E-state index in [-0.39, 0.29) is 0 Å². The molecule has 1 aliphatic heterocycles. The maximum atomic E-state index is 4.78. The Bertz CT molecular complexity index is 848. The Balaban J connectivity index is 1.41. The van der Waals surface area contributed by atoms with Crippen LogP contribution in [-0.2, 0) is 6.54 Å². The highest BCUT2D eigenvalue weighted by molar-refractivity contribution is 5.46. The molecular formula is C20H23N7. The molecule has 0 unspecified atom stereocenters. The van der Waals surface area contributed by atoms with E-state index in [1.807, 2.05) is 31.4 Å². The zero-order chi connectivity index (χ0) is 18.5. The Morgan fingerprint density at radius 3 is 2.26 bits per heavy atom. The van der Waals surface area contributed by atoms with E-state index >= 15 is 0 Å². The van der Waals surface area contributed by atoms with Crippen LogP contribution in [-0.4, -0.2) is 53.2 Å². The first-order chi connectivity index (χ1) is 13.3. The number of nitrogens with zero attached hydrogens (tertiary/aromatic N) is 7. The smallest absolute Gasteiger partial charge is 0.227 e. The van der Waals surface area contributed by atoms with Crippen molar-refractivity contribution in [2.45, 2.75) is 6.54 Å². The molecular weight excluding hydrogens is 338 g/mol. The first kappa shape index (κ1) is 17.2. The van der Waals surface area contributed by atoms with Gasteiger partial charge in [-0.25, -0.2) is 15.0 Å². The number of anilines is 3. The second kappa shape index (κ2) is 7.99. The summed E-state index contributed by atoms with van der Waals surface area (Å²) >= 11 is 0. The topological polar surface area (TPSA) is 61.3 Å². The second-order valence-corrected chi connectivity index (χ2v) is 6.58. The molecule has 0 atom stereocenters. The van der Waals surface area contributed by atoms with E-state index in [0.29, 0.717) is 0 Å². The van der Waals surface area contributed by atoms with E-state index in [1.54, 1.807) is 12.4 Å². The molecule has 0 saturated carbocycles. The summed E-state index contributed by atoms with van der Waals surface area (Å²) in [6, 6.07) is 14.2. The lowest BCUT2D eigenvalue weighted by Gasteiger charge is -2.35. The molecule has 1 saturated heterocycles. The van der Waals surface area contributed by atoms with Gasteiger partial charge in [0.25, 0.3) is 0 Å². The van der Waals surface area contributed by atoms with Crippen molar-refractivity contribution in [2.75, 3.05) is 47.9 Å². The van der Waals surface area contributed by atoms with Gasteiger partial charge in [-0.2, -0.15) is 4.98 Å². The van der Waals surface area contributed by atoms with Crippen LogP contribution in [0.25, 0.3) is 0 Å². The lowest BCUT2D eigenvalue weighted by atomic mass is 10.2. The van der Waals surface area contributed by atoms with Gasteiger partial charge in [0.1, 0.15) is 5.82 Å². The second-order valence-electron chi connectivity index (χ2n) is 6.58. The van der Waals surface area contributed by atoms with Crippen molar-refractivity contribution in [3.8, 4) is 0 Å². The minimum absolute atomic E-state index is 0.741. The minimum atomic E-state index is 0.741. The third-order valence-corrected chi connectivity index (χ3v) is 4.67. The molecule has 27 heavy (non-hydrogen) atoms. The Morgan fingerprint density at radius 1 is 0.815 bits per heavy atom. The summed E-state index contributed by atoms with van der Waals surface area (Å²) in [5.41, 5.74) is 1.24. The van der Waals surface area contributed by atoms with E-state index < -0.39 is 0 Å². The molecule has 1 aromatic carbocycles. The molecule has 3 aromatic rings. The quantitative estimate of drug-likeness (QED) is 0.690. The van der Waals surface area contributed by atoms with Gasteiger partial charge in [0, 0.05) is 58.4 Å². The first-order valence-electron chi connectivity index (χ1n) is 9.14. The van der Waals surface area contributed by atoms with Crippen molar-refractivity contribution in [2.24, 2.45) is 0 Å². The molecule has 0 bridgehead atoms. The van der Waals surface area contributed by atoms with Gasteiger partial charge in [0.05, 0.1) is 0 Å². The van der Waals surface area contributed by atoms with Crippen molar-refractivity contribution < 1.29 is 0 Å². The van der Waals surface area contributed by atoms with Crippen LogP contribution in [0.3, 0.4) is 0 Å². The fraction of sp³-hybridized carbons (Fsp3) is 0.300. The van der Waals surface area contributed by atoms with Crippen LogP contribution in [0.1, 0.15) is 5.56 Å². The van der Waals surface area contributed by atoms with Gasteiger partial charge < -0.3 is 14.7 Å². The predicted octanol–water partition coefficient (Wildman–Crippen LogP) is 2.23. The summed E-state index contributed by atoms with van der Waals surface area (Å²) in [7, 11) is 2.02. The SMILES string of the molecule is CN(Cc1ccccc1)c1nccc(N2CCN(c3ncccn3)CC2)n1. The molecule has 0 amide bonds. The standard InChI is InChI=1S/C20H23N7/c1-25(16-17-6-3-2-4-7-17)20-23-11-8-18(24-20)26-12-14-27(15-13-26)19-21-9-5-10-22-19/h2-11H,12-16H2,1H3. The van der Waals surface area contributed by atoms with Crippen molar-refractivity contribution in [3.63, 3.8) is 0 Å². The number of rotatable bonds is 5. The molecule has 7 nitrogen and oxygen atoms in total. The zero-order valence-corrected chi connectivity index (χ0v) is 15.4. The molecule has 1 fully saturated rings. The van der Waals surface area contributed by atoms with Crippen LogP contribution in [0.2, 0.25) is 0 Å². The number of benzene rings is 1. The molecule has 4 rings (SSSR count). The highest BCUT2D eigenvalue weighted by atomic mass is 15.3. The maximum Gasteiger partial charge on any atom is 0.227 e. The van der Waals surface area contributed by atoms with E-state index in [0.717, 1.165) is 50.4 Å². The van der Waals surface area contributed by atoms with Crippen LogP contribution in [0, 0.1) is 0 Å². The summed E-state index contributed by atoms with van der Waals surface area (Å²) in [4.78, 5) is 24.5. The molecule has 2 aromatic heterocycles. The normalized spacial score (nSPS) is 14.3. The Morgan fingerprint density at radius 2 is 1.52 bits per heavy atom. The van der Waals surface area contributed by atoms with Crippen molar-refractivity contribution in [1.82, 2.24) is 19.9 Å². The molecule has 1 aliphatic rings. The van der Waals surface area contributed by atoms with Crippen molar-refractivity contribution in [3.05, 3.63) is 66.6 Å². The third-order valence-electron chi connectivity index (χ3n) is 4.67. The highest BCUT2D eigenvalue weighted by Gasteiger charge is 2.20. The summed E-state index contributed by atoms with van der Waals surface area (Å²) in [5, 5.41) is 0. The Labute approximate surface area is 159 Å². The van der Waals surface area contributed by atoms with Gasteiger partial charge >= 0.3 is 0 Å². The van der Waals surface area contributed by atoms with E-state index in [2.05, 4.69) is 53.9 Å². The zero-order valence-electron chi connectivity index (χ0n) is 15.4. The lowest BCUT2D eigenvalue weighted by Crippen LogP contribution is -2.47. The van der Waals surface area contributed by atoms with Gasteiger partial charge in [-0.15, -0.1) is 0 Å². The molecule has 138 valence electrons. The van der Waals surface area contributed by atoms with Gasteiger partial charge in [0.15, 0.2) is 0 Å². The van der Waals surface area contributed by atoms with Crippen LogP contribution in [0.4, 0.5) is 17.7 Å². The molecule has 7 heteroatoms. The number of aromatic nitrogens is 4. The lowest BCUT2D eigenvalue weighted by molar-refractivity contribution is 0.633. The summed E-state index contributed by atoms with van der Waals surface area (Å²) in [6.45, 7) is 4.31. The third kappa shape index (κ3) is 4.13. The fourth-order valence-corrected chi connectivity index (χ4v) is 3.22. The van der Waals surface area contributed by atoms with Crippen LogP contribution < -0.4 is 14.7 Å². The number of hydrogen-bond acceptors (Lipinski definition) is 7. The number of hydrogen-bond donors (Lipinski definition) is 0. The van der Waals surface area contributed by atoms with Crippen molar-refractivity contribution >= 4 is 17.7 Å². The van der Waals surface area contributed by atoms with Gasteiger partial charge in [-0.05, 0) is 17.7 Å². The van der Waals surface area contributed by atoms with Crippen molar-refractivity contribution in [1.29, 1.82) is 0 Å². The summed E-state index contributed by atoms with van der Waals surface area (Å²) < 4.78 is 0. The summed E-state index contributed by atoms with van der Waals surface area (Å²) in [6.07, 6.45) is 5.41. The minimum Gasteiger partial charge on any atom is -0.353 e. The average Bonchev–Trinajstić information content (AvgIpc) is 2.75. The van der Waals surface area contributed by atoms with Crippen LogP contribution in [0.5, 0.6) is 0 Å². The average molecular weight is 361 g/mol. The Hall–Kier alpha value is -3.22. The van der Waals surface area contributed by atoms with Gasteiger partial charge in [-0.1, -0.05) is 30.3 Å². The largest absolute Gasteiger partial charge is 0.353 e. The number of piperazine rings is 1. The van der Waals surface area contributed by atoms with E-state index in [4.69, 9.17) is 4.98 Å². The maximum absolute atomic E-state index is 4.78. The predicted molar refractivity (Wildman–Crippen MR) is 107 cm³/mol. The van der Waals surface area contributed by atoms with E-state index in [1.165, 1.54) is 5.56 Å². The monoisotopic (exact) mass is 361 g/mol. The van der Waals surface area contributed by atoms with Gasteiger partial charge in [-0.3, -0.25) is 0 Å². The van der Waals surface area contributed by atoms with Crippen LogP contribution >= 0.6 is 0 Å². The van der Waals surface area contributed by atoms with E-state index in [9.17, 15) is 0 Å².